The Hall–Kier alpha value is -2.87. The highest BCUT2D eigenvalue weighted by molar-refractivity contribution is 7.92. The van der Waals surface area contributed by atoms with Gasteiger partial charge in [-0.2, -0.15) is 0 Å². The quantitative estimate of drug-likeness (QED) is 0.534. The Morgan fingerprint density at radius 2 is 1.52 bits per heavy atom. The van der Waals surface area contributed by atoms with Crippen LogP contribution in [0.25, 0.3) is 0 Å². The second-order valence-corrected chi connectivity index (χ2v) is 7.89. The minimum absolute atomic E-state index is 0. The number of hydrogen-bond donors (Lipinski definition) is 3. The molecule has 3 aromatic rings. The molecule has 8 heteroatoms. The van der Waals surface area contributed by atoms with Gasteiger partial charge in [-0.1, -0.05) is 48.5 Å². The lowest BCUT2D eigenvalue weighted by atomic mass is 10.1. The molecule has 0 fully saturated rings. The van der Waals surface area contributed by atoms with Gasteiger partial charge in [-0.25, -0.2) is 8.42 Å². The van der Waals surface area contributed by atoms with Crippen LogP contribution in [0.15, 0.2) is 83.8 Å². The van der Waals surface area contributed by atoms with Gasteiger partial charge in [0.1, 0.15) is 0 Å². The zero-order valence-corrected chi connectivity index (χ0v) is 17.2. The lowest BCUT2D eigenvalue weighted by molar-refractivity contribution is 0.0951. The van der Waals surface area contributed by atoms with Gasteiger partial charge in [0.15, 0.2) is 0 Å². The second kappa shape index (κ2) is 10.1. The first-order valence-corrected chi connectivity index (χ1v) is 10.2. The Morgan fingerprint density at radius 3 is 2.17 bits per heavy atom. The van der Waals surface area contributed by atoms with Crippen molar-refractivity contribution in [2.24, 2.45) is 5.73 Å². The number of carbonyl (C=O) groups is 1. The third-order valence-electron chi connectivity index (χ3n) is 4.14. The van der Waals surface area contributed by atoms with Gasteiger partial charge in [0.05, 0.1) is 4.90 Å². The van der Waals surface area contributed by atoms with Crippen LogP contribution in [0.5, 0.6) is 0 Å². The maximum atomic E-state index is 12.4. The van der Waals surface area contributed by atoms with Crippen LogP contribution in [0.3, 0.4) is 0 Å². The average Bonchev–Trinajstić information content (AvgIpc) is 2.73. The Bertz CT molecular complexity index is 1060. The van der Waals surface area contributed by atoms with E-state index in [-0.39, 0.29) is 23.2 Å². The van der Waals surface area contributed by atoms with E-state index in [1.807, 2.05) is 24.3 Å². The molecule has 4 N–H and O–H groups in total. The van der Waals surface area contributed by atoms with Crippen LogP contribution in [-0.2, 0) is 23.1 Å². The van der Waals surface area contributed by atoms with Gasteiger partial charge < -0.3 is 11.1 Å². The zero-order chi connectivity index (χ0) is 20.0. The van der Waals surface area contributed by atoms with Gasteiger partial charge in [0, 0.05) is 24.3 Å². The fourth-order valence-corrected chi connectivity index (χ4v) is 3.69. The lowest BCUT2D eigenvalue weighted by Gasteiger charge is -2.10. The molecule has 0 aromatic heterocycles. The standard InChI is InChI=1S/C21H21N3O3S.ClH/c22-14-16-9-11-17(12-10-16)15-23-21(25)18-5-4-6-19(13-18)24-28(26,27)20-7-2-1-3-8-20;/h1-13,24H,14-15,22H2,(H,23,25);1H. The first-order chi connectivity index (χ1) is 13.5. The van der Waals surface area contributed by atoms with E-state index < -0.39 is 10.0 Å². The molecule has 6 nitrogen and oxygen atoms in total. The van der Waals surface area contributed by atoms with Gasteiger partial charge in [-0.05, 0) is 41.5 Å². The van der Waals surface area contributed by atoms with Crippen LogP contribution in [-0.4, -0.2) is 14.3 Å². The summed E-state index contributed by atoms with van der Waals surface area (Å²) in [6.07, 6.45) is 0. The minimum atomic E-state index is -3.71. The Morgan fingerprint density at radius 1 is 0.862 bits per heavy atom. The second-order valence-electron chi connectivity index (χ2n) is 6.20. The summed E-state index contributed by atoms with van der Waals surface area (Å²) >= 11 is 0. The van der Waals surface area contributed by atoms with Crippen molar-refractivity contribution in [2.45, 2.75) is 18.0 Å². The molecular weight excluding hydrogens is 410 g/mol. The van der Waals surface area contributed by atoms with Crippen molar-refractivity contribution in [3.8, 4) is 0 Å². The summed E-state index contributed by atoms with van der Waals surface area (Å²) in [5.41, 5.74) is 8.24. The molecule has 3 rings (SSSR count). The number of carbonyl (C=O) groups excluding carboxylic acids is 1. The van der Waals surface area contributed by atoms with E-state index >= 15 is 0 Å². The fourth-order valence-electron chi connectivity index (χ4n) is 2.62. The number of sulfonamides is 1. The highest BCUT2D eigenvalue weighted by atomic mass is 35.5. The number of benzene rings is 3. The van der Waals surface area contributed by atoms with E-state index in [1.54, 1.807) is 36.4 Å². The van der Waals surface area contributed by atoms with Gasteiger partial charge in [0.2, 0.25) is 0 Å². The van der Waals surface area contributed by atoms with Gasteiger partial charge in [-0.15, -0.1) is 12.4 Å². The Kier molecular flexibility index (Phi) is 7.78. The molecule has 0 heterocycles. The van der Waals surface area contributed by atoms with Crippen LogP contribution < -0.4 is 15.8 Å². The van der Waals surface area contributed by atoms with Crippen molar-refractivity contribution in [3.63, 3.8) is 0 Å². The van der Waals surface area contributed by atoms with Crippen LogP contribution in [0.4, 0.5) is 5.69 Å². The molecule has 0 spiro atoms. The lowest BCUT2D eigenvalue weighted by Crippen LogP contribution is -2.23. The highest BCUT2D eigenvalue weighted by Crippen LogP contribution is 2.17. The molecule has 0 unspecified atom stereocenters. The number of nitrogens with two attached hydrogens (primary N) is 1. The Labute approximate surface area is 176 Å². The molecule has 0 aliphatic carbocycles. The Balaban J connectivity index is 0.00000300. The predicted molar refractivity (Wildman–Crippen MR) is 116 cm³/mol. The maximum Gasteiger partial charge on any atom is 0.261 e. The molecule has 1 amide bonds. The minimum Gasteiger partial charge on any atom is -0.348 e. The topological polar surface area (TPSA) is 101 Å². The van der Waals surface area contributed by atoms with Crippen LogP contribution in [0.2, 0.25) is 0 Å². The number of hydrogen-bond acceptors (Lipinski definition) is 4. The average molecular weight is 432 g/mol. The van der Waals surface area contributed by atoms with E-state index in [4.69, 9.17) is 5.73 Å². The third-order valence-corrected chi connectivity index (χ3v) is 5.54. The summed E-state index contributed by atoms with van der Waals surface area (Å²) in [4.78, 5) is 12.6. The summed E-state index contributed by atoms with van der Waals surface area (Å²) in [7, 11) is -3.71. The summed E-state index contributed by atoms with van der Waals surface area (Å²) in [6, 6.07) is 22.1. The molecule has 0 radical (unpaired) electrons. The fraction of sp³-hybridized carbons (Fsp3) is 0.0952. The summed E-state index contributed by atoms with van der Waals surface area (Å²) < 4.78 is 27.3. The van der Waals surface area contributed by atoms with Gasteiger partial charge in [-0.3, -0.25) is 9.52 Å². The largest absolute Gasteiger partial charge is 0.348 e. The normalized spacial score (nSPS) is 10.7. The van der Waals surface area contributed by atoms with Crippen molar-refractivity contribution in [3.05, 3.63) is 95.6 Å². The van der Waals surface area contributed by atoms with E-state index in [9.17, 15) is 13.2 Å². The molecule has 0 saturated carbocycles. The molecule has 0 saturated heterocycles. The van der Waals surface area contributed by atoms with Crippen LogP contribution >= 0.6 is 12.4 Å². The van der Waals surface area contributed by atoms with Crippen LogP contribution in [0, 0.1) is 0 Å². The van der Waals surface area contributed by atoms with Crippen molar-refractivity contribution in [1.82, 2.24) is 5.32 Å². The SMILES string of the molecule is Cl.NCc1ccc(CNC(=O)c2cccc(NS(=O)(=O)c3ccccc3)c2)cc1. The third kappa shape index (κ3) is 6.05. The molecule has 0 aliphatic rings. The molecule has 0 aliphatic heterocycles. The van der Waals surface area contributed by atoms with Gasteiger partial charge >= 0.3 is 0 Å². The number of rotatable bonds is 7. The van der Waals surface area contributed by atoms with E-state index in [0.717, 1.165) is 11.1 Å². The zero-order valence-electron chi connectivity index (χ0n) is 15.5. The van der Waals surface area contributed by atoms with E-state index in [0.29, 0.717) is 24.3 Å². The molecule has 0 bridgehead atoms. The summed E-state index contributed by atoms with van der Waals surface area (Å²) in [6.45, 7) is 0.835. The highest BCUT2D eigenvalue weighted by Gasteiger charge is 2.14. The molecular formula is C21H22ClN3O3S. The van der Waals surface area contributed by atoms with E-state index in [2.05, 4.69) is 10.0 Å². The van der Waals surface area contributed by atoms with Crippen LogP contribution in [0.1, 0.15) is 21.5 Å². The number of nitrogens with one attached hydrogen (secondary N) is 2. The molecule has 3 aromatic carbocycles. The molecule has 29 heavy (non-hydrogen) atoms. The summed E-state index contributed by atoms with van der Waals surface area (Å²) in [5.74, 6) is -0.288. The van der Waals surface area contributed by atoms with Crippen molar-refractivity contribution in [2.75, 3.05) is 4.72 Å². The predicted octanol–water partition coefficient (Wildman–Crippen LogP) is 3.30. The van der Waals surface area contributed by atoms with Crippen molar-refractivity contribution < 1.29 is 13.2 Å². The maximum absolute atomic E-state index is 12.4. The number of amides is 1. The monoisotopic (exact) mass is 431 g/mol. The molecule has 152 valence electrons. The van der Waals surface area contributed by atoms with Gasteiger partial charge in [0.25, 0.3) is 15.9 Å². The molecule has 0 atom stereocenters. The van der Waals surface area contributed by atoms with Crippen molar-refractivity contribution >= 4 is 34.0 Å². The van der Waals surface area contributed by atoms with E-state index in [1.165, 1.54) is 18.2 Å². The summed E-state index contributed by atoms with van der Waals surface area (Å²) in [5, 5.41) is 2.83. The van der Waals surface area contributed by atoms with Crippen molar-refractivity contribution in [1.29, 1.82) is 0 Å². The first-order valence-electron chi connectivity index (χ1n) is 8.72. The number of halogens is 1. The first kappa shape index (κ1) is 22.4. The smallest absolute Gasteiger partial charge is 0.261 e. The number of anilines is 1.